The third kappa shape index (κ3) is 1.43. The number of rotatable bonds is 2. The molecule has 1 aromatic carbocycles. The Balaban J connectivity index is 2.87. The van der Waals surface area contributed by atoms with Crippen LogP contribution < -0.4 is 0 Å². The molecule has 0 bridgehead atoms. The Bertz CT molecular complexity index is 555. The van der Waals surface area contributed by atoms with E-state index < -0.39 is 5.97 Å². The van der Waals surface area contributed by atoms with Crippen LogP contribution in [0.5, 0.6) is 5.75 Å². The van der Waals surface area contributed by atoms with Gasteiger partial charge in [-0.25, -0.2) is 4.79 Å². The Hall–Kier alpha value is -1.97. The second-order valence-electron chi connectivity index (χ2n) is 4.02. The molecule has 0 spiro atoms. The molecule has 0 aliphatic carbocycles. The minimum Gasteiger partial charge on any atom is -0.506 e. The van der Waals surface area contributed by atoms with Gasteiger partial charge in [-0.3, -0.25) is 0 Å². The first-order valence-corrected chi connectivity index (χ1v) is 5.08. The molecule has 84 valence electrons. The van der Waals surface area contributed by atoms with Gasteiger partial charge >= 0.3 is 5.97 Å². The normalized spacial score (nSPS) is 11.2. The number of phenols is 1. The maximum Gasteiger partial charge on any atom is 0.337 e. The van der Waals surface area contributed by atoms with Crippen molar-refractivity contribution in [1.82, 2.24) is 4.57 Å². The zero-order chi connectivity index (χ0) is 11.9. The van der Waals surface area contributed by atoms with E-state index in [0.717, 1.165) is 0 Å². The van der Waals surface area contributed by atoms with Crippen molar-refractivity contribution < 1.29 is 15.0 Å². The van der Waals surface area contributed by atoms with E-state index >= 15 is 0 Å². The fourth-order valence-corrected chi connectivity index (χ4v) is 1.87. The molecule has 16 heavy (non-hydrogen) atoms. The Morgan fingerprint density at radius 3 is 2.62 bits per heavy atom. The number of aromatic hydroxyl groups is 1. The number of hydrogen-bond acceptors (Lipinski definition) is 2. The van der Waals surface area contributed by atoms with Crippen LogP contribution in [0.3, 0.4) is 0 Å². The highest BCUT2D eigenvalue weighted by atomic mass is 16.4. The number of aromatic carboxylic acids is 1. The molecule has 0 fully saturated rings. The lowest BCUT2D eigenvalue weighted by molar-refractivity contribution is 0.0699. The van der Waals surface area contributed by atoms with E-state index in [1.165, 1.54) is 0 Å². The SMILES string of the molecule is CC(C)n1cc(C(=O)O)c2cccc(O)c21. The first-order chi connectivity index (χ1) is 7.52. The van der Waals surface area contributed by atoms with Gasteiger partial charge in [0.05, 0.1) is 11.1 Å². The zero-order valence-corrected chi connectivity index (χ0v) is 9.14. The lowest BCUT2D eigenvalue weighted by atomic mass is 10.1. The number of benzene rings is 1. The molecular formula is C12H13NO3. The molecule has 0 aliphatic rings. The van der Waals surface area contributed by atoms with E-state index in [9.17, 15) is 9.90 Å². The number of carboxylic acids is 1. The molecule has 2 N–H and O–H groups in total. The van der Waals surface area contributed by atoms with E-state index in [-0.39, 0.29) is 17.4 Å². The lowest BCUT2D eigenvalue weighted by Gasteiger charge is -2.09. The minimum atomic E-state index is -0.977. The molecule has 2 aromatic rings. The highest BCUT2D eigenvalue weighted by molar-refractivity contribution is 6.05. The van der Waals surface area contributed by atoms with Crippen molar-refractivity contribution in [3.63, 3.8) is 0 Å². The fourth-order valence-electron chi connectivity index (χ4n) is 1.87. The predicted molar refractivity (Wildman–Crippen MR) is 60.9 cm³/mol. The van der Waals surface area contributed by atoms with Crippen LogP contribution in [0.25, 0.3) is 10.9 Å². The number of para-hydroxylation sites is 1. The molecule has 1 heterocycles. The highest BCUT2D eigenvalue weighted by Crippen LogP contribution is 2.31. The van der Waals surface area contributed by atoms with Gasteiger partial charge in [-0.1, -0.05) is 12.1 Å². The second-order valence-corrected chi connectivity index (χ2v) is 4.02. The summed E-state index contributed by atoms with van der Waals surface area (Å²) >= 11 is 0. The van der Waals surface area contributed by atoms with Crippen LogP contribution >= 0.6 is 0 Å². The zero-order valence-electron chi connectivity index (χ0n) is 9.14. The summed E-state index contributed by atoms with van der Waals surface area (Å²) in [7, 11) is 0. The predicted octanol–water partition coefficient (Wildman–Crippen LogP) is 2.63. The molecule has 4 heteroatoms. The van der Waals surface area contributed by atoms with E-state index in [1.54, 1.807) is 29.0 Å². The molecule has 0 aliphatic heterocycles. The van der Waals surface area contributed by atoms with Crippen LogP contribution in [0, 0.1) is 0 Å². The van der Waals surface area contributed by atoms with Gasteiger partial charge in [-0.05, 0) is 19.9 Å². The molecular weight excluding hydrogens is 206 g/mol. The second kappa shape index (κ2) is 3.56. The molecule has 4 nitrogen and oxygen atoms in total. The van der Waals surface area contributed by atoms with Crippen molar-refractivity contribution in [3.8, 4) is 5.75 Å². The summed E-state index contributed by atoms with van der Waals surface area (Å²) in [6.45, 7) is 3.88. The van der Waals surface area contributed by atoms with Gasteiger partial charge in [-0.15, -0.1) is 0 Å². The van der Waals surface area contributed by atoms with Crippen molar-refractivity contribution >= 4 is 16.9 Å². The largest absolute Gasteiger partial charge is 0.506 e. The number of carboxylic acid groups (broad SMARTS) is 1. The Morgan fingerprint density at radius 2 is 2.06 bits per heavy atom. The number of carbonyl (C=O) groups is 1. The molecule has 0 unspecified atom stereocenters. The quantitative estimate of drug-likeness (QED) is 0.816. The Kier molecular flexibility index (Phi) is 2.34. The van der Waals surface area contributed by atoms with Crippen LogP contribution in [0.15, 0.2) is 24.4 Å². The monoisotopic (exact) mass is 219 g/mol. The van der Waals surface area contributed by atoms with Gasteiger partial charge < -0.3 is 14.8 Å². The molecule has 1 aromatic heterocycles. The molecule has 0 atom stereocenters. The van der Waals surface area contributed by atoms with E-state index in [4.69, 9.17) is 5.11 Å². The summed E-state index contributed by atoms with van der Waals surface area (Å²) in [6, 6.07) is 5.02. The van der Waals surface area contributed by atoms with Gasteiger partial charge in [0.25, 0.3) is 0 Å². The summed E-state index contributed by atoms with van der Waals surface area (Å²) in [6.07, 6.45) is 1.57. The lowest BCUT2D eigenvalue weighted by Crippen LogP contribution is -1.99. The van der Waals surface area contributed by atoms with Crippen LogP contribution in [-0.2, 0) is 0 Å². The average molecular weight is 219 g/mol. The van der Waals surface area contributed by atoms with Crippen LogP contribution in [0.1, 0.15) is 30.2 Å². The third-order valence-electron chi connectivity index (χ3n) is 2.62. The third-order valence-corrected chi connectivity index (χ3v) is 2.62. The number of fused-ring (bicyclic) bond motifs is 1. The Labute approximate surface area is 92.7 Å². The number of hydrogen-bond donors (Lipinski definition) is 2. The van der Waals surface area contributed by atoms with Crippen molar-refractivity contribution in [3.05, 3.63) is 30.0 Å². The molecule has 0 radical (unpaired) electrons. The Morgan fingerprint density at radius 1 is 1.38 bits per heavy atom. The summed E-state index contributed by atoms with van der Waals surface area (Å²) in [5.74, 6) is -0.867. The fraction of sp³-hybridized carbons (Fsp3) is 0.250. The van der Waals surface area contributed by atoms with Crippen molar-refractivity contribution in [2.45, 2.75) is 19.9 Å². The maximum absolute atomic E-state index is 11.1. The summed E-state index contributed by atoms with van der Waals surface area (Å²) in [4.78, 5) is 11.1. The molecule has 0 saturated heterocycles. The van der Waals surface area contributed by atoms with E-state index in [2.05, 4.69) is 0 Å². The van der Waals surface area contributed by atoms with Gasteiger partial charge in [0, 0.05) is 17.6 Å². The average Bonchev–Trinajstić information content (AvgIpc) is 2.58. The topological polar surface area (TPSA) is 62.5 Å². The van der Waals surface area contributed by atoms with Gasteiger partial charge in [0.1, 0.15) is 5.75 Å². The molecule has 0 saturated carbocycles. The van der Waals surface area contributed by atoms with Crippen LogP contribution in [0.2, 0.25) is 0 Å². The molecule has 2 rings (SSSR count). The summed E-state index contributed by atoms with van der Waals surface area (Å²) in [5.41, 5.74) is 0.800. The van der Waals surface area contributed by atoms with Crippen molar-refractivity contribution in [1.29, 1.82) is 0 Å². The van der Waals surface area contributed by atoms with Gasteiger partial charge in [-0.2, -0.15) is 0 Å². The number of phenolic OH excluding ortho intramolecular Hbond substituents is 1. The first kappa shape index (κ1) is 10.5. The van der Waals surface area contributed by atoms with Crippen LogP contribution in [0.4, 0.5) is 0 Å². The van der Waals surface area contributed by atoms with Crippen molar-refractivity contribution in [2.75, 3.05) is 0 Å². The van der Waals surface area contributed by atoms with E-state index in [1.807, 2.05) is 13.8 Å². The smallest absolute Gasteiger partial charge is 0.337 e. The number of nitrogens with zero attached hydrogens (tertiary/aromatic N) is 1. The van der Waals surface area contributed by atoms with Gasteiger partial charge in [0.2, 0.25) is 0 Å². The van der Waals surface area contributed by atoms with Gasteiger partial charge in [0.15, 0.2) is 0 Å². The highest BCUT2D eigenvalue weighted by Gasteiger charge is 2.17. The summed E-state index contributed by atoms with van der Waals surface area (Å²) in [5, 5.41) is 19.4. The summed E-state index contributed by atoms with van der Waals surface area (Å²) < 4.78 is 1.77. The number of aromatic nitrogens is 1. The van der Waals surface area contributed by atoms with Crippen molar-refractivity contribution in [2.24, 2.45) is 0 Å². The van der Waals surface area contributed by atoms with E-state index in [0.29, 0.717) is 10.9 Å². The first-order valence-electron chi connectivity index (χ1n) is 5.08. The molecule has 0 amide bonds. The van der Waals surface area contributed by atoms with Crippen LogP contribution in [-0.4, -0.2) is 20.7 Å². The minimum absolute atomic E-state index is 0.101. The standard InChI is InChI=1S/C12H13NO3/c1-7(2)13-6-9(12(15)16)8-4-3-5-10(14)11(8)13/h3-7,14H,1-2H3,(H,15,16). The maximum atomic E-state index is 11.1.